The first-order chi connectivity index (χ1) is 17.3. The van der Waals surface area contributed by atoms with Gasteiger partial charge >= 0.3 is 12.2 Å². The fourth-order valence-electron chi connectivity index (χ4n) is 4.72. The Labute approximate surface area is 204 Å². The number of alkyl halides is 3. The van der Waals surface area contributed by atoms with Crippen molar-refractivity contribution in [1.29, 1.82) is 0 Å². The SMILES string of the molecule is O=C(N1CCOCC1)N1CC(c2cccc(C(F)(F)F)c2)CC(c2nc(-c3ccc(F)cc3)no2)C1. The number of likely N-dealkylation sites (tertiary alicyclic amines) is 1. The van der Waals surface area contributed by atoms with Crippen molar-refractivity contribution < 1.29 is 31.6 Å². The molecule has 0 bridgehead atoms. The summed E-state index contributed by atoms with van der Waals surface area (Å²) in [6, 6.07) is 10.7. The molecule has 2 aromatic carbocycles. The predicted molar refractivity (Wildman–Crippen MR) is 121 cm³/mol. The van der Waals surface area contributed by atoms with Crippen molar-refractivity contribution in [2.45, 2.75) is 24.4 Å². The molecule has 11 heteroatoms. The van der Waals surface area contributed by atoms with Crippen LogP contribution in [0.4, 0.5) is 22.4 Å². The molecular weight excluding hydrogens is 480 g/mol. The van der Waals surface area contributed by atoms with E-state index in [1.807, 2.05) is 0 Å². The van der Waals surface area contributed by atoms with E-state index in [1.54, 1.807) is 15.9 Å². The van der Waals surface area contributed by atoms with Crippen molar-refractivity contribution in [2.24, 2.45) is 0 Å². The number of ether oxygens (including phenoxy) is 1. The quantitative estimate of drug-likeness (QED) is 0.474. The lowest BCUT2D eigenvalue weighted by atomic mass is 9.84. The van der Waals surface area contributed by atoms with Gasteiger partial charge in [0.25, 0.3) is 0 Å². The maximum absolute atomic E-state index is 13.4. The van der Waals surface area contributed by atoms with E-state index in [-0.39, 0.29) is 42.7 Å². The van der Waals surface area contributed by atoms with Crippen LogP contribution in [0.2, 0.25) is 0 Å². The predicted octanol–water partition coefficient (Wildman–Crippen LogP) is 4.92. The average molecular weight is 504 g/mol. The van der Waals surface area contributed by atoms with Crippen LogP contribution < -0.4 is 0 Å². The molecule has 2 atom stereocenters. The van der Waals surface area contributed by atoms with Crippen LogP contribution in [0.25, 0.3) is 11.4 Å². The Kier molecular flexibility index (Phi) is 6.65. The van der Waals surface area contributed by atoms with Gasteiger partial charge in [-0.3, -0.25) is 0 Å². The number of morpholine rings is 1. The zero-order chi connectivity index (χ0) is 25.3. The number of carbonyl (C=O) groups excluding carboxylic acids is 1. The number of hydrogen-bond donors (Lipinski definition) is 0. The van der Waals surface area contributed by atoms with Gasteiger partial charge in [0.1, 0.15) is 5.82 Å². The molecule has 2 amide bonds. The van der Waals surface area contributed by atoms with Crippen LogP contribution >= 0.6 is 0 Å². The summed E-state index contributed by atoms with van der Waals surface area (Å²) in [5.41, 5.74) is 0.329. The van der Waals surface area contributed by atoms with Gasteiger partial charge in [0.2, 0.25) is 11.7 Å². The Balaban J connectivity index is 1.44. The molecule has 7 nitrogen and oxygen atoms in total. The van der Waals surface area contributed by atoms with E-state index < -0.39 is 17.6 Å². The van der Waals surface area contributed by atoms with Crippen LogP contribution in [-0.4, -0.2) is 65.4 Å². The second-order valence-corrected chi connectivity index (χ2v) is 9.00. The smallest absolute Gasteiger partial charge is 0.378 e. The summed E-state index contributed by atoms with van der Waals surface area (Å²) in [4.78, 5) is 21.1. The lowest BCUT2D eigenvalue weighted by Crippen LogP contribution is -2.52. The molecule has 36 heavy (non-hydrogen) atoms. The lowest BCUT2D eigenvalue weighted by Gasteiger charge is -2.40. The van der Waals surface area contributed by atoms with Crippen molar-refractivity contribution in [1.82, 2.24) is 19.9 Å². The summed E-state index contributed by atoms with van der Waals surface area (Å²) in [6.07, 6.45) is -4.04. The van der Waals surface area contributed by atoms with E-state index in [0.717, 1.165) is 12.1 Å². The molecule has 5 rings (SSSR count). The highest BCUT2D eigenvalue weighted by molar-refractivity contribution is 5.75. The Hall–Kier alpha value is -3.47. The molecule has 0 radical (unpaired) electrons. The van der Waals surface area contributed by atoms with Crippen molar-refractivity contribution in [3.63, 3.8) is 0 Å². The van der Waals surface area contributed by atoms with Crippen LogP contribution in [0, 0.1) is 5.82 Å². The zero-order valence-corrected chi connectivity index (χ0v) is 19.2. The van der Waals surface area contributed by atoms with Crippen molar-refractivity contribution >= 4 is 6.03 Å². The Morgan fingerprint density at radius 2 is 1.69 bits per heavy atom. The van der Waals surface area contributed by atoms with Crippen molar-refractivity contribution in [2.75, 3.05) is 39.4 Å². The normalized spacial score (nSPS) is 21.0. The summed E-state index contributed by atoms with van der Waals surface area (Å²) >= 11 is 0. The average Bonchev–Trinajstić information content (AvgIpc) is 3.39. The minimum atomic E-state index is -4.47. The van der Waals surface area contributed by atoms with Crippen LogP contribution in [-0.2, 0) is 10.9 Å². The number of nitrogens with zero attached hydrogens (tertiary/aromatic N) is 4. The van der Waals surface area contributed by atoms with E-state index in [4.69, 9.17) is 9.26 Å². The summed E-state index contributed by atoms with van der Waals surface area (Å²) in [5, 5.41) is 4.01. The highest BCUT2D eigenvalue weighted by Gasteiger charge is 2.38. The number of hydrogen-bond acceptors (Lipinski definition) is 5. The molecule has 0 N–H and O–H groups in total. The number of benzene rings is 2. The van der Waals surface area contributed by atoms with Crippen LogP contribution in [0.3, 0.4) is 0 Å². The van der Waals surface area contributed by atoms with Gasteiger partial charge in [0, 0.05) is 37.7 Å². The number of amides is 2. The molecule has 0 spiro atoms. The molecule has 3 aromatic rings. The maximum Gasteiger partial charge on any atom is 0.416 e. The van der Waals surface area contributed by atoms with Gasteiger partial charge in [-0.15, -0.1) is 0 Å². The summed E-state index contributed by atoms with van der Waals surface area (Å²) in [6.45, 7) is 2.33. The van der Waals surface area contributed by atoms with Crippen molar-refractivity contribution in [3.8, 4) is 11.4 Å². The molecule has 2 saturated heterocycles. The monoisotopic (exact) mass is 504 g/mol. The van der Waals surface area contributed by atoms with Gasteiger partial charge in [0.15, 0.2) is 0 Å². The number of aromatic nitrogens is 2. The van der Waals surface area contributed by atoms with Crippen molar-refractivity contribution in [3.05, 3.63) is 71.4 Å². The number of carbonyl (C=O) groups is 1. The first-order valence-corrected chi connectivity index (χ1v) is 11.7. The highest BCUT2D eigenvalue weighted by Crippen LogP contribution is 2.38. The molecule has 1 aromatic heterocycles. The Bertz CT molecular complexity index is 1210. The lowest BCUT2D eigenvalue weighted by molar-refractivity contribution is -0.137. The summed E-state index contributed by atoms with van der Waals surface area (Å²) < 4.78 is 64.3. The van der Waals surface area contributed by atoms with E-state index in [9.17, 15) is 22.4 Å². The van der Waals surface area contributed by atoms with Crippen LogP contribution in [0.1, 0.15) is 35.3 Å². The first kappa shape index (κ1) is 24.2. The number of halogens is 4. The minimum absolute atomic E-state index is 0.196. The first-order valence-electron chi connectivity index (χ1n) is 11.7. The molecule has 2 fully saturated rings. The van der Waals surface area contributed by atoms with Crippen LogP contribution in [0.5, 0.6) is 0 Å². The molecular formula is C25H24F4N4O3. The second-order valence-electron chi connectivity index (χ2n) is 9.00. The summed E-state index contributed by atoms with van der Waals surface area (Å²) in [7, 11) is 0. The van der Waals surface area contributed by atoms with E-state index in [2.05, 4.69) is 10.1 Å². The minimum Gasteiger partial charge on any atom is -0.378 e. The summed E-state index contributed by atoms with van der Waals surface area (Å²) in [5.74, 6) is -0.582. The maximum atomic E-state index is 13.4. The Morgan fingerprint density at radius 1 is 0.972 bits per heavy atom. The highest BCUT2D eigenvalue weighted by atomic mass is 19.4. The van der Waals surface area contributed by atoms with E-state index in [1.165, 1.54) is 30.3 Å². The molecule has 2 unspecified atom stereocenters. The molecule has 3 heterocycles. The number of urea groups is 1. The van der Waals surface area contributed by atoms with E-state index in [0.29, 0.717) is 43.9 Å². The fourth-order valence-corrected chi connectivity index (χ4v) is 4.72. The molecule has 2 aliphatic rings. The molecule has 190 valence electrons. The van der Waals surface area contributed by atoms with Gasteiger partial charge < -0.3 is 19.1 Å². The van der Waals surface area contributed by atoms with Crippen LogP contribution in [0.15, 0.2) is 53.1 Å². The fraction of sp³-hybridized carbons (Fsp3) is 0.400. The van der Waals surface area contributed by atoms with Gasteiger partial charge in [-0.1, -0.05) is 23.4 Å². The largest absolute Gasteiger partial charge is 0.416 e. The third-order valence-corrected chi connectivity index (χ3v) is 6.58. The molecule has 2 aliphatic heterocycles. The standard InChI is InChI=1S/C25H24F4N4O3/c26-21-6-4-16(5-7-21)22-30-23(36-31-22)19-12-18(17-2-1-3-20(13-17)25(27,28)29)14-33(15-19)24(34)32-8-10-35-11-9-32/h1-7,13,18-19H,8-12,14-15H2. The van der Waals surface area contributed by atoms with Gasteiger partial charge in [-0.05, 0) is 42.3 Å². The van der Waals surface area contributed by atoms with Gasteiger partial charge in [-0.25, -0.2) is 9.18 Å². The van der Waals surface area contributed by atoms with E-state index >= 15 is 0 Å². The zero-order valence-electron chi connectivity index (χ0n) is 19.2. The number of piperidine rings is 1. The molecule has 0 aliphatic carbocycles. The Morgan fingerprint density at radius 3 is 2.42 bits per heavy atom. The third kappa shape index (κ3) is 5.20. The third-order valence-electron chi connectivity index (χ3n) is 6.58. The topological polar surface area (TPSA) is 71.7 Å². The van der Waals surface area contributed by atoms with Gasteiger partial charge in [-0.2, -0.15) is 18.2 Å². The second kappa shape index (κ2) is 9.88. The molecule has 0 saturated carbocycles. The number of rotatable bonds is 3. The van der Waals surface area contributed by atoms with Gasteiger partial charge in [0.05, 0.1) is 24.7 Å².